The normalized spacial score (nSPS) is 10.4. The Kier molecular flexibility index (Phi) is 3.67. The molecule has 0 spiro atoms. The molecule has 0 atom stereocenters. The summed E-state index contributed by atoms with van der Waals surface area (Å²) in [6, 6.07) is 9.97. The Morgan fingerprint density at radius 3 is 3.12 bits per heavy atom. The molecule has 1 aromatic carbocycles. The second-order valence-corrected chi connectivity index (χ2v) is 3.71. The fraction of sp³-hybridized carbons (Fsp3) is 0.231. The predicted octanol–water partition coefficient (Wildman–Crippen LogP) is 1.50. The summed E-state index contributed by atoms with van der Waals surface area (Å²) in [5.41, 5.74) is 2.10. The fourth-order valence-electron chi connectivity index (χ4n) is 1.62. The summed E-state index contributed by atoms with van der Waals surface area (Å²) in [7, 11) is 1.38. The van der Waals surface area contributed by atoms with Gasteiger partial charge in [0.25, 0.3) is 0 Å². The average molecular weight is 230 g/mol. The molecule has 2 aromatic rings. The van der Waals surface area contributed by atoms with Crippen molar-refractivity contribution in [2.75, 3.05) is 13.7 Å². The molecule has 1 N–H and O–H groups in total. The van der Waals surface area contributed by atoms with Crippen LogP contribution < -0.4 is 5.32 Å². The van der Waals surface area contributed by atoms with Gasteiger partial charge in [-0.15, -0.1) is 0 Å². The fourth-order valence-corrected chi connectivity index (χ4v) is 1.62. The van der Waals surface area contributed by atoms with Gasteiger partial charge in [-0.3, -0.25) is 9.78 Å². The van der Waals surface area contributed by atoms with Crippen molar-refractivity contribution < 1.29 is 9.53 Å². The van der Waals surface area contributed by atoms with Gasteiger partial charge in [-0.05, 0) is 23.8 Å². The van der Waals surface area contributed by atoms with E-state index in [1.807, 2.05) is 24.3 Å². The molecule has 1 aromatic heterocycles. The van der Waals surface area contributed by atoms with Crippen LogP contribution in [0, 0.1) is 0 Å². The molecule has 4 heteroatoms. The Labute approximate surface area is 99.6 Å². The van der Waals surface area contributed by atoms with Crippen LogP contribution in [0.15, 0.2) is 36.5 Å². The summed E-state index contributed by atoms with van der Waals surface area (Å²) in [4.78, 5) is 15.2. The lowest BCUT2D eigenvalue weighted by atomic mass is 10.1. The number of methoxy groups -OCH3 is 1. The number of hydrogen-bond acceptors (Lipinski definition) is 4. The molecule has 0 aliphatic carbocycles. The molecule has 0 bridgehead atoms. The van der Waals surface area contributed by atoms with Crippen LogP contribution in [0.25, 0.3) is 10.9 Å². The van der Waals surface area contributed by atoms with E-state index in [2.05, 4.69) is 21.1 Å². The van der Waals surface area contributed by atoms with Crippen molar-refractivity contribution in [1.29, 1.82) is 0 Å². The quantitative estimate of drug-likeness (QED) is 0.809. The average Bonchev–Trinajstić information content (AvgIpc) is 2.38. The maximum Gasteiger partial charge on any atom is 0.319 e. The number of nitrogens with zero attached hydrogens (tertiary/aromatic N) is 1. The summed E-state index contributed by atoms with van der Waals surface area (Å²) in [5.74, 6) is -0.257. The van der Waals surface area contributed by atoms with E-state index in [4.69, 9.17) is 0 Å². The minimum atomic E-state index is -0.257. The van der Waals surface area contributed by atoms with Crippen molar-refractivity contribution in [3.05, 3.63) is 42.1 Å². The molecule has 88 valence electrons. The van der Waals surface area contributed by atoms with Crippen LogP contribution >= 0.6 is 0 Å². The Morgan fingerprint density at radius 2 is 2.29 bits per heavy atom. The van der Waals surface area contributed by atoms with Gasteiger partial charge < -0.3 is 10.1 Å². The van der Waals surface area contributed by atoms with E-state index >= 15 is 0 Å². The molecule has 0 saturated heterocycles. The van der Waals surface area contributed by atoms with Crippen molar-refractivity contribution in [3.8, 4) is 0 Å². The Balaban J connectivity index is 2.02. The van der Waals surface area contributed by atoms with Gasteiger partial charge in [0.15, 0.2) is 0 Å². The first-order valence-corrected chi connectivity index (χ1v) is 5.41. The number of esters is 1. The molecule has 0 aliphatic heterocycles. The topological polar surface area (TPSA) is 51.2 Å². The third-order valence-corrected chi connectivity index (χ3v) is 2.49. The highest BCUT2D eigenvalue weighted by Crippen LogP contribution is 2.12. The minimum absolute atomic E-state index is 0.224. The molecular formula is C13H14N2O2. The van der Waals surface area contributed by atoms with Crippen molar-refractivity contribution in [2.45, 2.75) is 6.54 Å². The number of ether oxygens (including phenoxy) is 1. The summed E-state index contributed by atoms with van der Waals surface area (Å²) < 4.78 is 4.55. The van der Waals surface area contributed by atoms with Gasteiger partial charge in [-0.1, -0.05) is 12.1 Å². The molecule has 0 aliphatic rings. The van der Waals surface area contributed by atoms with E-state index in [1.54, 1.807) is 6.20 Å². The molecule has 0 amide bonds. The lowest BCUT2D eigenvalue weighted by molar-refractivity contribution is -0.139. The van der Waals surface area contributed by atoms with Gasteiger partial charge in [-0.25, -0.2) is 0 Å². The highest BCUT2D eigenvalue weighted by molar-refractivity contribution is 5.78. The summed E-state index contributed by atoms with van der Waals surface area (Å²) in [6.07, 6.45) is 1.78. The van der Waals surface area contributed by atoms with Gasteiger partial charge >= 0.3 is 5.97 Å². The Hall–Kier alpha value is -1.94. The second-order valence-electron chi connectivity index (χ2n) is 3.71. The zero-order valence-corrected chi connectivity index (χ0v) is 9.64. The van der Waals surface area contributed by atoms with Crippen LogP contribution in [0.5, 0.6) is 0 Å². The van der Waals surface area contributed by atoms with E-state index in [9.17, 15) is 4.79 Å². The number of benzene rings is 1. The number of carbonyl (C=O) groups is 1. The lowest BCUT2D eigenvalue weighted by Crippen LogP contribution is -2.23. The largest absolute Gasteiger partial charge is 0.468 e. The van der Waals surface area contributed by atoms with Crippen LogP contribution in [-0.2, 0) is 16.1 Å². The van der Waals surface area contributed by atoms with Crippen LogP contribution in [0.1, 0.15) is 5.56 Å². The number of hydrogen-bond donors (Lipinski definition) is 1. The SMILES string of the molecule is COC(=O)CNCc1ccc2ncccc2c1. The first kappa shape index (κ1) is 11.5. The number of rotatable bonds is 4. The van der Waals surface area contributed by atoms with Crippen LogP contribution in [0.4, 0.5) is 0 Å². The summed E-state index contributed by atoms with van der Waals surface area (Å²) >= 11 is 0. The molecule has 4 nitrogen and oxygen atoms in total. The molecular weight excluding hydrogens is 216 g/mol. The third-order valence-electron chi connectivity index (χ3n) is 2.49. The van der Waals surface area contributed by atoms with Crippen molar-refractivity contribution in [3.63, 3.8) is 0 Å². The number of fused-ring (bicyclic) bond motifs is 1. The lowest BCUT2D eigenvalue weighted by Gasteiger charge is -2.04. The zero-order chi connectivity index (χ0) is 12.1. The molecule has 1 heterocycles. The van der Waals surface area contributed by atoms with Crippen molar-refractivity contribution in [2.24, 2.45) is 0 Å². The Bertz CT molecular complexity index is 526. The standard InChI is InChI=1S/C13H14N2O2/c1-17-13(16)9-14-8-10-4-5-12-11(7-10)3-2-6-15-12/h2-7,14H,8-9H2,1H3. The van der Waals surface area contributed by atoms with E-state index in [1.165, 1.54) is 7.11 Å². The smallest absolute Gasteiger partial charge is 0.319 e. The van der Waals surface area contributed by atoms with E-state index < -0.39 is 0 Å². The van der Waals surface area contributed by atoms with E-state index in [-0.39, 0.29) is 12.5 Å². The first-order valence-electron chi connectivity index (χ1n) is 5.41. The molecule has 0 saturated carbocycles. The van der Waals surface area contributed by atoms with Gasteiger partial charge in [0.05, 0.1) is 19.2 Å². The van der Waals surface area contributed by atoms with Gasteiger partial charge in [0, 0.05) is 18.1 Å². The number of pyridine rings is 1. The van der Waals surface area contributed by atoms with Crippen molar-refractivity contribution >= 4 is 16.9 Å². The van der Waals surface area contributed by atoms with Crippen LogP contribution in [0.2, 0.25) is 0 Å². The second kappa shape index (κ2) is 5.41. The first-order chi connectivity index (χ1) is 8.29. The highest BCUT2D eigenvalue weighted by Gasteiger charge is 2.00. The number of carbonyl (C=O) groups excluding carboxylic acids is 1. The van der Waals surface area contributed by atoms with E-state index in [0.717, 1.165) is 16.5 Å². The Morgan fingerprint density at radius 1 is 1.41 bits per heavy atom. The third kappa shape index (κ3) is 3.01. The van der Waals surface area contributed by atoms with Gasteiger partial charge in [-0.2, -0.15) is 0 Å². The van der Waals surface area contributed by atoms with Crippen LogP contribution in [-0.4, -0.2) is 24.6 Å². The minimum Gasteiger partial charge on any atom is -0.468 e. The molecule has 0 fully saturated rings. The monoisotopic (exact) mass is 230 g/mol. The van der Waals surface area contributed by atoms with E-state index in [0.29, 0.717) is 6.54 Å². The predicted molar refractivity (Wildman–Crippen MR) is 65.5 cm³/mol. The van der Waals surface area contributed by atoms with Crippen LogP contribution in [0.3, 0.4) is 0 Å². The summed E-state index contributed by atoms with van der Waals surface area (Å²) in [5, 5.41) is 4.12. The van der Waals surface area contributed by atoms with Gasteiger partial charge in [0.2, 0.25) is 0 Å². The maximum absolute atomic E-state index is 10.9. The van der Waals surface area contributed by atoms with Gasteiger partial charge in [0.1, 0.15) is 0 Å². The van der Waals surface area contributed by atoms with Crippen molar-refractivity contribution in [1.82, 2.24) is 10.3 Å². The number of nitrogens with one attached hydrogen (secondary N) is 1. The molecule has 0 unspecified atom stereocenters. The molecule has 0 radical (unpaired) electrons. The number of aromatic nitrogens is 1. The zero-order valence-electron chi connectivity index (χ0n) is 9.64. The maximum atomic E-state index is 10.9. The molecule has 2 rings (SSSR count). The summed E-state index contributed by atoms with van der Waals surface area (Å²) in [6.45, 7) is 0.863. The molecule has 17 heavy (non-hydrogen) atoms. The highest BCUT2D eigenvalue weighted by atomic mass is 16.5.